The largest absolute Gasteiger partial charge is 0.354 e. The van der Waals surface area contributed by atoms with E-state index >= 15 is 0 Å². The van der Waals surface area contributed by atoms with Crippen molar-refractivity contribution in [1.82, 2.24) is 5.32 Å². The van der Waals surface area contributed by atoms with Gasteiger partial charge >= 0.3 is 0 Å². The number of nitrogens with zero attached hydrogens (tertiary/aromatic N) is 1. The first-order valence-corrected chi connectivity index (χ1v) is 11.8. The molecule has 0 unspecified atom stereocenters. The van der Waals surface area contributed by atoms with Crippen LogP contribution in [0.25, 0.3) is 0 Å². The molecule has 0 aromatic heterocycles. The molecule has 0 heterocycles. The lowest BCUT2D eigenvalue weighted by Gasteiger charge is -2.24. The SMILES string of the molecule is CC(=O)c1ccc(N(CC(=O)NCCc2ccccc2)S(=O)(=O)c2ccc(Cl)cc2)cc1. The molecule has 1 amide bonds. The van der Waals surface area contributed by atoms with E-state index in [1.165, 1.54) is 55.5 Å². The fourth-order valence-corrected chi connectivity index (χ4v) is 4.64. The number of nitrogens with one attached hydrogen (secondary N) is 1. The Labute approximate surface area is 192 Å². The van der Waals surface area contributed by atoms with Crippen LogP contribution in [0.2, 0.25) is 5.02 Å². The van der Waals surface area contributed by atoms with Gasteiger partial charge in [-0.05, 0) is 67.4 Å². The second kappa shape index (κ2) is 10.4. The highest BCUT2D eigenvalue weighted by Crippen LogP contribution is 2.25. The predicted octanol–water partition coefficient (Wildman–Crippen LogP) is 4.10. The zero-order valence-corrected chi connectivity index (χ0v) is 19.1. The minimum absolute atomic E-state index is 0.00892. The van der Waals surface area contributed by atoms with Crippen LogP contribution in [0, 0.1) is 0 Å². The normalized spacial score (nSPS) is 11.1. The predicted molar refractivity (Wildman–Crippen MR) is 126 cm³/mol. The molecule has 8 heteroatoms. The van der Waals surface area contributed by atoms with Crippen LogP contribution in [0.5, 0.6) is 0 Å². The van der Waals surface area contributed by atoms with E-state index in [1.807, 2.05) is 30.3 Å². The molecule has 0 bridgehead atoms. The first-order chi connectivity index (χ1) is 15.3. The van der Waals surface area contributed by atoms with Gasteiger partial charge in [0.05, 0.1) is 10.6 Å². The van der Waals surface area contributed by atoms with E-state index < -0.39 is 22.5 Å². The van der Waals surface area contributed by atoms with Crippen molar-refractivity contribution in [2.75, 3.05) is 17.4 Å². The van der Waals surface area contributed by atoms with Crippen LogP contribution in [0.3, 0.4) is 0 Å². The summed E-state index contributed by atoms with van der Waals surface area (Å²) in [5, 5.41) is 3.18. The van der Waals surface area contributed by atoms with Crippen LogP contribution < -0.4 is 9.62 Å². The summed E-state index contributed by atoms with van der Waals surface area (Å²) >= 11 is 5.89. The van der Waals surface area contributed by atoms with Gasteiger partial charge in [-0.15, -0.1) is 0 Å². The van der Waals surface area contributed by atoms with Crippen molar-refractivity contribution < 1.29 is 18.0 Å². The zero-order chi connectivity index (χ0) is 23.1. The van der Waals surface area contributed by atoms with Gasteiger partial charge in [-0.2, -0.15) is 0 Å². The summed E-state index contributed by atoms with van der Waals surface area (Å²) in [7, 11) is -4.05. The van der Waals surface area contributed by atoms with Crippen LogP contribution in [-0.2, 0) is 21.2 Å². The first-order valence-electron chi connectivity index (χ1n) is 9.97. The lowest BCUT2D eigenvalue weighted by atomic mass is 10.1. The van der Waals surface area contributed by atoms with Gasteiger partial charge in [0.1, 0.15) is 6.54 Å². The number of carbonyl (C=O) groups is 2. The molecule has 166 valence electrons. The second-order valence-electron chi connectivity index (χ2n) is 7.15. The molecule has 0 fully saturated rings. The minimum Gasteiger partial charge on any atom is -0.354 e. The summed E-state index contributed by atoms with van der Waals surface area (Å²) in [4.78, 5) is 24.2. The van der Waals surface area contributed by atoms with Gasteiger partial charge in [0.15, 0.2) is 5.78 Å². The maximum Gasteiger partial charge on any atom is 0.264 e. The highest BCUT2D eigenvalue weighted by Gasteiger charge is 2.27. The van der Waals surface area contributed by atoms with E-state index in [1.54, 1.807) is 0 Å². The molecule has 0 radical (unpaired) electrons. The fourth-order valence-electron chi connectivity index (χ4n) is 3.09. The maximum atomic E-state index is 13.3. The molecule has 6 nitrogen and oxygen atoms in total. The molecular weight excluding hydrogens is 448 g/mol. The Bertz CT molecular complexity index is 1180. The topological polar surface area (TPSA) is 83.6 Å². The highest BCUT2D eigenvalue weighted by atomic mass is 35.5. The van der Waals surface area contributed by atoms with Crippen molar-refractivity contribution in [2.24, 2.45) is 0 Å². The van der Waals surface area contributed by atoms with Gasteiger partial charge in [-0.3, -0.25) is 13.9 Å². The summed E-state index contributed by atoms with van der Waals surface area (Å²) in [6.45, 7) is 1.40. The average molecular weight is 471 g/mol. The molecule has 32 heavy (non-hydrogen) atoms. The third-order valence-corrected chi connectivity index (χ3v) is 6.87. The number of anilines is 1. The number of benzene rings is 3. The van der Waals surface area contributed by atoms with Gasteiger partial charge in [-0.25, -0.2) is 8.42 Å². The van der Waals surface area contributed by atoms with Gasteiger partial charge in [0.25, 0.3) is 10.0 Å². The number of sulfonamides is 1. The minimum atomic E-state index is -4.05. The monoisotopic (exact) mass is 470 g/mol. The Hall–Kier alpha value is -3.16. The number of carbonyl (C=O) groups excluding carboxylic acids is 2. The van der Waals surface area contributed by atoms with E-state index in [4.69, 9.17) is 11.6 Å². The van der Waals surface area contributed by atoms with E-state index in [-0.39, 0.29) is 16.4 Å². The third-order valence-electron chi connectivity index (χ3n) is 4.83. The van der Waals surface area contributed by atoms with Gasteiger partial charge < -0.3 is 5.32 Å². The van der Waals surface area contributed by atoms with Crippen molar-refractivity contribution in [3.63, 3.8) is 0 Å². The number of Topliss-reactive ketones (excluding diaryl/α,β-unsaturated/α-hetero) is 1. The molecular formula is C24H23ClN2O4S. The summed E-state index contributed by atoms with van der Waals surface area (Å²) in [6.07, 6.45) is 0.629. The lowest BCUT2D eigenvalue weighted by Crippen LogP contribution is -2.41. The van der Waals surface area contributed by atoms with Crippen molar-refractivity contribution >= 4 is 39.0 Å². The molecule has 0 aliphatic carbocycles. The molecule has 0 saturated heterocycles. The Balaban J connectivity index is 1.82. The standard InChI is InChI=1S/C24H23ClN2O4S/c1-18(28)20-7-11-22(12-8-20)27(32(30,31)23-13-9-21(25)10-14-23)17-24(29)26-16-15-19-5-3-2-4-6-19/h2-14H,15-17H2,1H3,(H,26,29). The summed E-state index contributed by atoms with van der Waals surface area (Å²) < 4.78 is 27.7. The van der Waals surface area contributed by atoms with E-state index in [0.29, 0.717) is 23.6 Å². The zero-order valence-electron chi connectivity index (χ0n) is 17.5. The van der Waals surface area contributed by atoms with E-state index in [9.17, 15) is 18.0 Å². The van der Waals surface area contributed by atoms with Gasteiger partial charge in [-0.1, -0.05) is 41.9 Å². The Morgan fingerprint density at radius 1 is 0.906 bits per heavy atom. The third kappa shape index (κ3) is 5.96. The van der Waals surface area contributed by atoms with Crippen LogP contribution >= 0.6 is 11.6 Å². The van der Waals surface area contributed by atoms with Gasteiger partial charge in [0, 0.05) is 17.1 Å². The van der Waals surface area contributed by atoms with Crippen molar-refractivity contribution in [3.8, 4) is 0 Å². The fraction of sp³-hybridized carbons (Fsp3) is 0.167. The van der Waals surface area contributed by atoms with E-state index in [2.05, 4.69) is 5.32 Å². The summed E-state index contributed by atoms with van der Waals surface area (Å²) in [5.74, 6) is -0.573. The Kier molecular flexibility index (Phi) is 7.66. The van der Waals surface area contributed by atoms with Gasteiger partial charge in [0.2, 0.25) is 5.91 Å². The average Bonchev–Trinajstić information content (AvgIpc) is 2.78. The molecule has 0 aliphatic heterocycles. The smallest absolute Gasteiger partial charge is 0.264 e. The van der Waals surface area contributed by atoms with Crippen LogP contribution in [0.1, 0.15) is 22.8 Å². The van der Waals surface area contributed by atoms with Crippen LogP contribution in [-0.4, -0.2) is 33.2 Å². The quantitative estimate of drug-likeness (QED) is 0.477. The maximum absolute atomic E-state index is 13.3. The molecule has 1 N–H and O–H groups in total. The van der Waals surface area contributed by atoms with E-state index in [0.717, 1.165) is 9.87 Å². The molecule has 0 atom stereocenters. The lowest BCUT2D eigenvalue weighted by molar-refractivity contribution is -0.119. The van der Waals surface area contributed by atoms with Crippen molar-refractivity contribution in [1.29, 1.82) is 0 Å². The molecule has 0 aliphatic rings. The van der Waals surface area contributed by atoms with Crippen LogP contribution in [0.15, 0.2) is 83.8 Å². The number of amides is 1. The number of hydrogen-bond donors (Lipinski definition) is 1. The van der Waals surface area contributed by atoms with Crippen LogP contribution in [0.4, 0.5) is 5.69 Å². The highest BCUT2D eigenvalue weighted by molar-refractivity contribution is 7.92. The Morgan fingerprint density at radius 3 is 2.12 bits per heavy atom. The van der Waals surface area contributed by atoms with Crippen molar-refractivity contribution in [3.05, 3.63) is 95.0 Å². The van der Waals surface area contributed by atoms with Crippen molar-refractivity contribution in [2.45, 2.75) is 18.2 Å². The molecule has 0 saturated carbocycles. The first kappa shape index (κ1) is 23.5. The number of hydrogen-bond acceptors (Lipinski definition) is 4. The molecule has 3 aromatic rings. The summed E-state index contributed by atoms with van der Waals surface area (Å²) in [5.41, 5.74) is 1.80. The molecule has 0 spiro atoms. The number of rotatable bonds is 9. The molecule has 3 aromatic carbocycles. The summed E-state index contributed by atoms with van der Waals surface area (Å²) in [6, 6.07) is 21.5. The second-order valence-corrected chi connectivity index (χ2v) is 9.45. The number of halogens is 1. The number of ketones is 1. The Morgan fingerprint density at radius 2 is 1.53 bits per heavy atom. The molecule has 3 rings (SSSR count).